The van der Waals surface area contributed by atoms with Crippen molar-refractivity contribution in [2.24, 2.45) is 23.7 Å². The number of rotatable bonds is 6. The molecule has 4 aliphatic carbocycles. The number of aliphatic carboxylic acids is 1. The molecule has 0 aliphatic heterocycles. The van der Waals surface area contributed by atoms with Gasteiger partial charge in [-0.3, -0.25) is 9.59 Å². The molecule has 1 aromatic carbocycles. The predicted molar refractivity (Wildman–Crippen MR) is 116 cm³/mol. The maximum atomic E-state index is 13.3. The van der Waals surface area contributed by atoms with Gasteiger partial charge in [-0.2, -0.15) is 5.10 Å². The molecule has 0 amide bonds. The number of halogens is 1. The van der Waals surface area contributed by atoms with E-state index >= 15 is 0 Å². The van der Waals surface area contributed by atoms with Crippen LogP contribution in [-0.2, 0) is 16.9 Å². The Morgan fingerprint density at radius 3 is 2.74 bits per heavy atom. The van der Waals surface area contributed by atoms with Crippen molar-refractivity contribution in [1.82, 2.24) is 9.78 Å². The van der Waals surface area contributed by atoms with Crippen LogP contribution in [0.1, 0.15) is 37.7 Å². The molecule has 0 radical (unpaired) electrons. The number of anilines is 1. The van der Waals surface area contributed by atoms with Crippen LogP contribution >= 0.6 is 11.6 Å². The Labute approximate surface area is 185 Å². The summed E-state index contributed by atoms with van der Waals surface area (Å²) in [5, 5.41) is 17.7. The number of benzene rings is 1. The number of hydrogen-bond acceptors (Lipinski definition) is 5. The molecule has 4 fully saturated rings. The summed E-state index contributed by atoms with van der Waals surface area (Å²) in [6, 6.07) is 7.61. The first-order valence-electron chi connectivity index (χ1n) is 10.8. The zero-order valence-corrected chi connectivity index (χ0v) is 18.1. The van der Waals surface area contributed by atoms with Crippen molar-refractivity contribution < 1.29 is 14.6 Å². The number of methoxy groups -OCH3 is 1. The molecule has 2 unspecified atom stereocenters. The summed E-state index contributed by atoms with van der Waals surface area (Å²) in [4.78, 5) is 25.5. The molecule has 4 saturated carbocycles. The lowest BCUT2D eigenvalue weighted by Gasteiger charge is -2.59. The molecule has 0 saturated heterocycles. The molecular formula is C23H26ClN3O4. The Hall–Kier alpha value is -2.54. The van der Waals surface area contributed by atoms with Crippen molar-refractivity contribution in [3.63, 3.8) is 0 Å². The summed E-state index contributed by atoms with van der Waals surface area (Å²) in [6.07, 6.45) is 5.96. The average Bonchev–Trinajstić information content (AvgIpc) is 2.73. The van der Waals surface area contributed by atoms with Gasteiger partial charge < -0.3 is 15.2 Å². The van der Waals surface area contributed by atoms with Crippen LogP contribution in [0.5, 0.6) is 5.75 Å². The molecule has 0 spiro atoms. The number of nitrogens with one attached hydrogen (secondary N) is 1. The lowest BCUT2D eigenvalue weighted by atomic mass is 9.48. The van der Waals surface area contributed by atoms with Crippen LogP contribution in [0.4, 0.5) is 5.69 Å². The molecule has 2 aromatic rings. The zero-order valence-electron chi connectivity index (χ0n) is 17.4. The number of aromatic nitrogens is 2. The summed E-state index contributed by atoms with van der Waals surface area (Å²) >= 11 is 6.48. The summed E-state index contributed by atoms with van der Waals surface area (Å²) in [5.74, 6) is 0.381. The van der Waals surface area contributed by atoms with Crippen molar-refractivity contribution in [1.29, 1.82) is 0 Å². The first kappa shape index (κ1) is 20.4. The van der Waals surface area contributed by atoms with Gasteiger partial charge in [0.15, 0.2) is 0 Å². The molecule has 2 N–H and O–H groups in total. The van der Waals surface area contributed by atoms with E-state index in [-0.39, 0.29) is 10.9 Å². The third-order valence-electron chi connectivity index (χ3n) is 7.50. The van der Waals surface area contributed by atoms with Gasteiger partial charge in [0.1, 0.15) is 10.8 Å². The van der Waals surface area contributed by atoms with E-state index in [1.165, 1.54) is 4.68 Å². The first-order chi connectivity index (χ1) is 14.9. The average molecular weight is 444 g/mol. The van der Waals surface area contributed by atoms with Crippen LogP contribution in [0, 0.1) is 23.7 Å². The van der Waals surface area contributed by atoms with Gasteiger partial charge in [0.25, 0.3) is 5.56 Å². The lowest BCUT2D eigenvalue weighted by Crippen LogP contribution is -2.63. The fourth-order valence-corrected chi connectivity index (χ4v) is 6.78. The maximum Gasteiger partial charge on any atom is 0.309 e. The lowest BCUT2D eigenvalue weighted by molar-refractivity contribution is -0.168. The minimum atomic E-state index is -0.825. The van der Waals surface area contributed by atoms with Crippen LogP contribution in [0.2, 0.25) is 5.02 Å². The minimum absolute atomic E-state index is 0.0535. The Morgan fingerprint density at radius 2 is 2.06 bits per heavy atom. The topological polar surface area (TPSA) is 93.4 Å². The van der Waals surface area contributed by atoms with E-state index in [2.05, 4.69) is 10.4 Å². The molecule has 7 nitrogen and oxygen atoms in total. The molecule has 164 valence electrons. The summed E-state index contributed by atoms with van der Waals surface area (Å²) in [7, 11) is 1.61. The first-order valence-corrected chi connectivity index (χ1v) is 11.2. The minimum Gasteiger partial charge on any atom is -0.497 e. The van der Waals surface area contributed by atoms with Crippen molar-refractivity contribution in [2.75, 3.05) is 12.4 Å². The van der Waals surface area contributed by atoms with Crippen LogP contribution in [0.15, 0.2) is 35.3 Å². The van der Waals surface area contributed by atoms with Gasteiger partial charge in [0.05, 0.1) is 30.5 Å². The van der Waals surface area contributed by atoms with Gasteiger partial charge in [0.2, 0.25) is 0 Å². The largest absolute Gasteiger partial charge is 0.497 e. The number of ether oxygens (including phenoxy) is 1. The Morgan fingerprint density at radius 1 is 1.32 bits per heavy atom. The van der Waals surface area contributed by atoms with Gasteiger partial charge in [-0.15, -0.1) is 0 Å². The van der Waals surface area contributed by atoms with E-state index in [0.717, 1.165) is 30.6 Å². The highest BCUT2D eigenvalue weighted by Gasteiger charge is 2.61. The van der Waals surface area contributed by atoms with Crippen molar-refractivity contribution in [3.05, 3.63) is 51.4 Å². The molecule has 4 bridgehead atoms. The fraction of sp³-hybridized carbons (Fsp3) is 0.522. The number of hydrogen-bond donors (Lipinski definition) is 2. The zero-order chi connectivity index (χ0) is 21.8. The SMILES string of the molecule is COc1cccc(CNc2cnn(C34C[C@@H]5CC(C[C@@H](C5)C3)[C@@H]4C(=O)O)c(=O)c2Cl)c1. The van der Waals surface area contributed by atoms with Crippen molar-refractivity contribution in [2.45, 2.75) is 44.2 Å². The van der Waals surface area contributed by atoms with E-state index in [4.69, 9.17) is 16.3 Å². The van der Waals surface area contributed by atoms with Gasteiger partial charge in [0, 0.05) is 6.54 Å². The van der Waals surface area contributed by atoms with Crippen molar-refractivity contribution >= 4 is 23.3 Å². The smallest absolute Gasteiger partial charge is 0.309 e. The van der Waals surface area contributed by atoms with Crippen LogP contribution in [-0.4, -0.2) is 28.0 Å². The highest BCUT2D eigenvalue weighted by atomic mass is 35.5. The Balaban J connectivity index is 1.46. The van der Waals surface area contributed by atoms with E-state index in [9.17, 15) is 14.7 Å². The van der Waals surface area contributed by atoms with Crippen molar-refractivity contribution in [3.8, 4) is 5.75 Å². The predicted octanol–water partition coefficient (Wildman–Crippen LogP) is 3.75. The highest BCUT2D eigenvalue weighted by Crippen LogP contribution is 2.61. The normalized spacial score (nSPS) is 30.9. The van der Waals surface area contributed by atoms with Gasteiger partial charge in [-0.25, -0.2) is 4.68 Å². The number of carbonyl (C=O) groups is 1. The third-order valence-corrected chi connectivity index (χ3v) is 7.86. The monoisotopic (exact) mass is 443 g/mol. The van der Waals surface area contributed by atoms with E-state index < -0.39 is 23.0 Å². The van der Waals surface area contributed by atoms with E-state index in [1.807, 2.05) is 24.3 Å². The fourth-order valence-electron chi connectivity index (χ4n) is 6.59. The molecule has 8 heteroatoms. The quantitative estimate of drug-likeness (QED) is 0.706. The number of nitrogens with zero attached hydrogens (tertiary/aromatic N) is 2. The summed E-state index contributed by atoms with van der Waals surface area (Å²) in [5.41, 5.74) is 0.242. The second kappa shape index (κ2) is 7.55. The molecule has 6 rings (SSSR count). The molecule has 31 heavy (non-hydrogen) atoms. The second-order valence-corrected chi connectivity index (χ2v) is 9.70. The standard InChI is InChI=1S/C23H26ClN3O4/c1-31-17-4-2-3-13(8-17)11-25-18-12-26-27(21(28)20(18)24)23-9-14-5-15(10-23)7-16(6-14)19(23)22(29)30/h2-4,8,12,14-16,19,25H,5-7,9-11H2,1H3,(H,29,30)/t14-,15+,16?,19-,23?/m1/s1. The van der Waals surface area contributed by atoms with Gasteiger partial charge in [-0.05, 0) is 67.6 Å². The molecular weight excluding hydrogens is 418 g/mol. The molecule has 1 heterocycles. The summed E-state index contributed by atoms with van der Waals surface area (Å²) < 4.78 is 6.66. The number of carboxylic acid groups (broad SMARTS) is 1. The van der Waals surface area contributed by atoms with Crippen LogP contribution in [0.3, 0.4) is 0 Å². The molecule has 4 aliphatic rings. The van der Waals surface area contributed by atoms with Gasteiger partial charge >= 0.3 is 5.97 Å². The van der Waals surface area contributed by atoms with Gasteiger partial charge in [-0.1, -0.05) is 23.7 Å². The third kappa shape index (κ3) is 3.30. The maximum absolute atomic E-state index is 13.3. The van der Waals surface area contributed by atoms with Crippen LogP contribution < -0.4 is 15.6 Å². The van der Waals surface area contributed by atoms with E-state index in [1.54, 1.807) is 13.3 Å². The molecule has 1 aromatic heterocycles. The second-order valence-electron chi connectivity index (χ2n) is 9.32. The number of carboxylic acids is 1. The van der Waals surface area contributed by atoms with E-state index in [0.29, 0.717) is 36.9 Å². The molecule has 5 atom stereocenters. The summed E-state index contributed by atoms with van der Waals surface area (Å²) in [6.45, 7) is 0.456. The Kier molecular flexibility index (Phi) is 4.96. The van der Waals surface area contributed by atoms with Crippen LogP contribution in [0.25, 0.3) is 0 Å². The highest BCUT2D eigenvalue weighted by molar-refractivity contribution is 6.32. The Bertz CT molecular complexity index is 1070.